The molecule has 0 amide bonds. The second-order valence-corrected chi connectivity index (χ2v) is 4.06. The van der Waals surface area contributed by atoms with Gasteiger partial charge in [-0.25, -0.2) is 0 Å². The number of hydrogen-bond acceptors (Lipinski definition) is 2. The molecule has 0 heterocycles. The summed E-state index contributed by atoms with van der Waals surface area (Å²) in [5.74, 6) is 0. The van der Waals surface area contributed by atoms with Crippen molar-refractivity contribution < 1.29 is 0 Å². The maximum atomic E-state index is 5.53. The lowest BCUT2D eigenvalue weighted by Crippen LogP contribution is -2.46. The molecule has 0 aromatic heterocycles. The van der Waals surface area contributed by atoms with E-state index in [1.165, 1.54) is 0 Å². The lowest BCUT2D eigenvalue weighted by atomic mass is 9.97. The molecule has 0 bridgehead atoms. The van der Waals surface area contributed by atoms with Crippen molar-refractivity contribution in [2.24, 2.45) is 5.73 Å². The molecule has 0 radical (unpaired) electrons. The van der Waals surface area contributed by atoms with Crippen molar-refractivity contribution in [1.29, 1.82) is 0 Å². The predicted octanol–water partition coefficient (Wildman–Crippen LogP) is 1.45. The van der Waals surface area contributed by atoms with Gasteiger partial charge in [-0.1, -0.05) is 0 Å². The van der Waals surface area contributed by atoms with Crippen LogP contribution >= 0.6 is 0 Å². The van der Waals surface area contributed by atoms with Crippen molar-refractivity contribution >= 4 is 0 Å². The maximum Gasteiger partial charge on any atom is 0.0164 e. The number of nitrogens with zero attached hydrogens (tertiary/aromatic N) is 1. The lowest BCUT2D eigenvalue weighted by Gasteiger charge is -2.38. The van der Waals surface area contributed by atoms with Gasteiger partial charge in [-0.15, -0.1) is 0 Å². The van der Waals surface area contributed by atoms with Crippen LogP contribution in [0.3, 0.4) is 0 Å². The minimum Gasteiger partial charge on any atom is -0.330 e. The molecule has 0 aliphatic heterocycles. The fraction of sp³-hybridized carbons (Fsp3) is 1.00. The molecule has 0 aliphatic carbocycles. The average molecular weight is 158 g/mol. The minimum absolute atomic E-state index is 0.239. The van der Waals surface area contributed by atoms with Gasteiger partial charge in [0.05, 0.1) is 0 Å². The van der Waals surface area contributed by atoms with Crippen LogP contribution in [-0.4, -0.2) is 30.1 Å². The molecule has 0 aromatic rings. The molecule has 0 spiro atoms. The largest absolute Gasteiger partial charge is 0.330 e. The summed E-state index contributed by atoms with van der Waals surface area (Å²) >= 11 is 0. The third-order valence-electron chi connectivity index (χ3n) is 2.49. The first-order valence-corrected chi connectivity index (χ1v) is 4.35. The Bertz CT molecular complexity index is 108. The van der Waals surface area contributed by atoms with Crippen LogP contribution in [0.2, 0.25) is 0 Å². The maximum absolute atomic E-state index is 5.53. The van der Waals surface area contributed by atoms with Crippen molar-refractivity contribution in [2.45, 2.75) is 45.7 Å². The Labute approximate surface area is 70.8 Å². The summed E-state index contributed by atoms with van der Waals surface area (Å²) in [6.45, 7) is 9.65. The van der Waals surface area contributed by atoms with Gasteiger partial charge in [-0.2, -0.15) is 0 Å². The molecule has 0 saturated carbocycles. The molecule has 11 heavy (non-hydrogen) atoms. The molecule has 2 heteroatoms. The van der Waals surface area contributed by atoms with Gasteiger partial charge in [0, 0.05) is 11.6 Å². The van der Waals surface area contributed by atoms with Crippen LogP contribution in [0.1, 0.15) is 34.1 Å². The van der Waals surface area contributed by atoms with Gasteiger partial charge in [0.1, 0.15) is 0 Å². The van der Waals surface area contributed by atoms with Crippen LogP contribution in [0, 0.1) is 0 Å². The highest BCUT2D eigenvalue weighted by molar-refractivity contribution is 4.81. The van der Waals surface area contributed by atoms with E-state index in [2.05, 4.69) is 39.6 Å². The first-order valence-electron chi connectivity index (χ1n) is 4.35. The highest BCUT2D eigenvalue weighted by Gasteiger charge is 2.23. The van der Waals surface area contributed by atoms with E-state index in [1.54, 1.807) is 0 Å². The number of nitrogens with two attached hydrogens (primary N) is 1. The minimum atomic E-state index is 0.239. The Kier molecular flexibility index (Phi) is 4.04. The molecular formula is C9H22N2. The molecule has 0 fully saturated rings. The van der Waals surface area contributed by atoms with Gasteiger partial charge in [-0.05, 0) is 47.7 Å². The molecule has 0 atom stereocenters. The van der Waals surface area contributed by atoms with Gasteiger partial charge >= 0.3 is 0 Å². The Hall–Kier alpha value is -0.0800. The molecule has 0 saturated heterocycles. The summed E-state index contributed by atoms with van der Waals surface area (Å²) < 4.78 is 0. The van der Waals surface area contributed by atoms with Crippen LogP contribution in [0.25, 0.3) is 0 Å². The Balaban J connectivity index is 4.05. The van der Waals surface area contributed by atoms with Crippen LogP contribution in [0.4, 0.5) is 0 Å². The smallest absolute Gasteiger partial charge is 0.0164 e. The van der Waals surface area contributed by atoms with Crippen molar-refractivity contribution in [3.05, 3.63) is 0 Å². The SMILES string of the molecule is CC(C)N(C)C(C)(C)CCN. The van der Waals surface area contributed by atoms with E-state index >= 15 is 0 Å². The van der Waals surface area contributed by atoms with Gasteiger partial charge in [0.15, 0.2) is 0 Å². The predicted molar refractivity (Wildman–Crippen MR) is 50.6 cm³/mol. The van der Waals surface area contributed by atoms with Crippen LogP contribution < -0.4 is 5.73 Å². The molecular weight excluding hydrogens is 136 g/mol. The van der Waals surface area contributed by atoms with E-state index in [1.807, 2.05) is 0 Å². The zero-order valence-electron chi connectivity index (χ0n) is 8.52. The Morgan fingerprint density at radius 3 is 2.09 bits per heavy atom. The van der Waals surface area contributed by atoms with E-state index in [4.69, 9.17) is 5.73 Å². The molecule has 2 N–H and O–H groups in total. The van der Waals surface area contributed by atoms with Gasteiger partial charge < -0.3 is 5.73 Å². The summed E-state index contributed by atoms with van der Waals surface area (Å²) in [6.07, 6.45) is 1.06. The first-order chi connectivity index (χ1) is 4.91. The third-order valence-corrected chi connectivity index (χ3v) is 2.49. The summed E-state index contributed by atoms with van der Waals surface area (Å²) in [7, 11) is 2.15. The molecule has 0 rings (SSSR count). The fourth-order valence-electron chi connectivity index (χ4n) is 1.23. The van der Waals surface area contributed by atoms with Crippen molar-refractivity contribution in [2.75, 3.05) is 13.6 Å². The summed E-state index contributed by atoms with van der Waals surface area (Å²) in [5.41, 5.74) is 5.76. The van der Waals surface area contributed by atoms with Crippen molar-refractivity contribution in [3.8, 4) is 0 Å². The van der Waals surface area contributed by atoms with Crippen LogP contribution in [0.5, 0.6) is 0 Å². The molecule has 68 valence electrons. The monoisotopic (exact) mass is 158 g/mol. The van der Waals surface area contributed by atoms with E-state index in [-0.39, 0.29) is 5.54 Å². The number of rotatable bonds is 4. The number of hydrogen-bond donors (Lipinski definition) is 1. The first kappa shape index (κ1) is 10.9. The van der Waals surface area contributed by atoms with Crippen LogP contribution in [0.15, 0.2) is 0 Å². The van der Waals surface area contributed by atoms with Gasteiger partial charge in [0.25, 0.3) is 0 Å². The normalized spacial score (nSPS) is 13.1. The summed E-state index contributed by atoms with van der Waals surface area (Å²) in [5, 5.41) is 0. The second-order valence-electron chi connectivity index (χ2n) is 4.06. The third kappa shape index (κ3) is 3.21. The highest BCUT2D eigenvalue weighted by Crippen LogP contribution is 2.18. The van der Waals surface area contributed by atoms with Crippen molar-refractivity contribution in [3.63, 3.8) is 0 Å². The summed E-state index contributed by atoms with van der Waals surface area (Å²) in [4.78, 5) is 2.36. The van der Waals surface area contributed by atoms with E-state index in [0.29, 0.717) is 6.04 Å². The zero-order chi connectivity index (χ0) is 9.07. The zero-order valence-corrected chi connectivity index (χ0v) is 8.52. The Morgan fingerprint density at radius 1 is 1.36 bits per heavy atom. The van der Waals surface area contributed by atoms with Gasteiger partial charge in [0.2, 0.25) is 0 Å². The van der Waals surface area contributed by atoms with E-state index < -0.39 is 0 Å². The van der Waals surface area contributed by atoms with Crippen molar-refractivity contribution in [1.82, 2.24) is 4.90 Å². The van der Waals surface area contributed by atoms with E-state index in [0.717, 1.165) is 13.0 Å². The molecule has 0 aliphatic rings. The second kappa shape index (κ2) is 4.07. The quantitative estimate of drug-likeness (QED) is 0.671. The summed E-state index contributed by atoms with van der Waals surface area (Å²) in [6, 6.07) is 0.594. The fourth-order valence-corrected chi connectivity index (χ4v) is 1.23. The van der Waals surface area contributed by atoms with Gasteiger partial charge in [-0.3, -0.25) is 4.90 Å². The lowest BCUT2D eigenvalue weighted by molar-refractivity contribution is 0.112. The van der Waals surface area contributed by atoms with Crippen LogP contribution in [-0.2, 0) is 0 Å². The molecule has 2 nitrogen and oxygen atoms in total. The highest BCUT2D eigenvalue weighted by atomic mass is 15.2. The van der Waals surface area contributed by atoms with E-state index in [9.17, 15) is 0 Å². The topological polar surface area (TPSA) is 29.3 Å². The average Bonchev–Trinajstić information content (AvgIpc) is 1.86. The molecule has 0 aromatic carbocycles. The Morgan fingerprint density at radius 2 is 1.82 bits per heavy atom. The molecule has 0 unspecified atom stereocenters. The standard InChI is InChI=1S/C9H22N2/c1-8(2)11(5)9(3,4)6-7-10/h8H,6-7,10H2,1-5H3.